The summed E-state index contributed by atoms with van der Waals surface area (Å²) in [6, 6.07) is 3.60. The molecule has 6 nitrogen and oxygen atoms in total. The Bertz CT molecular complexity index is 738. The molecule has 0 bridgehead atoms. The van der Waals surface area contributed by atoms with Gasteiger partial charge < -0.3 is 4.90 Å². The Labute approximate surface area is 124 Å². The maximum atomic E-state index is 12.7. The zero-order valence-corrected chi connectivity index (χ0v) is 12.2. The van der Waals surface area contributed by atoms with Crippen molar-refractivity contribution in [1.82, 2.24) is 15.0 Å². The summed E-state index contributed by atoms with van der Waals surface area (Å²) in [4.78, 5) is 29.6. The molecule has 0 atom stereocenters. The summed E-state index contributed by atoms with van der Waals surface area (Å²) in [5.41, 5.74) is 0.128. The Hall–Kier alpha value is -1.89. The van der Waals surface area contributed by atoms with E-state index in [1.54, 1.807) is 12.1 Å². The fourth-order valence-electron chi connectivity index (χ4n) is 3.46. The molecule has 1 amide bonds. The highest BCUT2D eigenvalue weighted by atomic mass is 32.1. The summed E-state index contributed by atoms with van der Waals surface area (Å²) in [5.74, 6) is -0.104. The maximum absolute atomic E-state index is 12.7. The van der Waals surface area contributed by atoms with Crippen molar-refractivity contribution in [3.63, 3.8) is 0 Å². The Balaban J connectivity index is 1.58. The van der Waals surface area contributed by atoms with Gasteiger partial charge in [0.25, 0.3) is 5.91 Å². The van der Waals surface area contributed by atoms with Gasteiger partial charge in [-0.3, -0.25) is 14.3 Å². The van der Waals surface area contributed by atoms with E-state index in [2.05, 4.69) is 14.7 Å². The monoisotopic (exact) mass is 305 g/mol. The van der Waals surface area contributed by atoms with Gasteiger partial charge in [0.1, 0.15) is 0 Å². The number of nitrogens with one attached hydrogen (secondary N) is 1. The van der Waals surface area contributed by atoms with Crippen LogP contribution >= 0.6 is 11.3 Å². The topological polar surface area (TPSA) is 79.2 Å². The minimum absolute atomic E-state index is 0.102. The van der Waals surface area contributed by atoms with Crippen LogP contribution in [0.5, 0.6) is 0 Å². The second kappa shape index (κ2) is 4.56. The fourth-order valence-corrected chi connectivity index (χ4v) is 4.35. The number of aromatic amines is 1. The summed E-state index contributed by atoms with van der Waals surface area (Å²) in [5, 5.41) is 3.65. The largest absolute Gasteiger partial charge is 0.439 e. The lowest BCUT2D eigenvalue weighted by Gasteiger charge is -2.51. The smallest absolute Gasteiger partial charge is 0.332 e. The molecule has 4 rings (SSSR count). The molecule has 0 unspecified atom stereocenters. The quantitative estimate of drug-likeness (QED) is 0.923. The van der Waals surface area contributed by atoms with Crippen LogP contribution in [-0.2, 0) is 0 Å². The molecule has 1 aliphatic carbocycles. The second-order valence-electron chi connectivity index (χ2n) is 5.75. The summed E-state index contributed by atoms with van der Waals surface area (Å²) in [6.07, 6.45) is 5.84. The summed E-state index contributed by atoms with van der Waals surface area (Å²) < 4.78 is 4.49. The van der Waals surface area contributed by atoms with E-state index in [4.69, 9.17) is 0 Å². The van der Waals surface area contributed by atoms with Crippen LogP contribution < -0.4 is 5.76 Å². The lowest BCUT2D eigenvalue weighted by molar-refractivity contribution is 0.00110. The van der Waals surface area contributed by atoms with Gasteiger partial charge in [0.15, 0.2) is 5.82 Å². The first kappa shape index (κ1) is 12.8. The molecule has 1 N–H and O–H groups in total. The Kier molecular flexibility index (Phi) is 2.78. The number of H-pyrrole nitrogens is 1. The van der Waals surface area contributed by atoms with Crippen molar-refractivity contribution < 1.29 is 9.32 Å². The van der Waals surface area contributed by atoms with Crippen LogP contribution in [0.1, 0.15) is 41.8 Å². The standard InChI is InChI=1S/C14H15N3O3S/c18-12(17-8-7-14(17)5-1-2-6-14)10-4-3-9(21-10)11-15-13(19)20-16-11/h3-4H,1-2,5-8H2,(H,15,16,19). The number of hydrogen-bond donors (Lipinski definition) is 1. The minimum atomic E-state index is -0.584. The molecule has 2 aliphatic rings. The first-order valence-corrected chi connectivity index (χ1v) is 7.98. The highest BCUT2D eigenvalue weighted by Crippen LogP contribution is 2.45. The van der Waals surface area contributed by atoms with Gasteiger partial charge in [-0.05, 0) is 31.4 Å². The summed E-state index contributed by atoms with van der Waals surface area (Å²) >= 11 is 1.34. The number of rotatable bonds is 2. The van der Waals surface area contributed by atoms with Crippen molar-refractivity contribution in [2.45, 2.75) is 37.6 Å². The third kappa shape index (κ3) is 1.95. The molecular weight excluding hydrogens is 290 g/mol. The molecule has 1 saturated heterocycles. The molecule has 110 valence electrons. The summed E-state index contributed by atoms with van der Waals surface area (Å²) in [7, 11) is 0. The number of amides is 1. The van der Waals surface area contributed by atoms with E-state index >= 15 is 0 Å². The molecule has 2 aromatic rings. The summed E-state index contributed by atoms with van der Waals surface area (Å²) in [6.45, 7) is 0.854. The molecule has 0 aromatic carbocycles. The minimum Gasteiger partial charge on any atom is -0.332 e. The zero-order valence-electron chi connectivity index (χ0n) is 11.4. The molecule has 1 aliphatic heterocycles. The van der Waals surface area contributed by atoms with Crippen LogP contribution in [0.15, 0.2) is 21.5 Å². The van der Waals surface area contributed by atoms with E-state index in [1.807, 2.05) is 4.90 Å². The third-order valence-electron chi connectivity index (χ3n) is 4.64. The number of carbonyl (C=O) groups excluding carboxylic acids is 1. The van der Waals surface area contributed by atoms with Gasteiger partial charge in [-0.2, -0.15) is 0 Å². The van der Waals surface area contributed by atoms with E-state index in [0.29, 0.717) is 10.7 Å². The number of likely N-dealkylation sites (tertiary alicyclic amines) is 1. The van der Waals surface area contributed by atoms with E-state index < -0.39 is 5.76 Å². The van der Waals surface area contributed by atoms with Crippen LogP contribution in [0.2, 0.25) is 0 Å². The van der Waals surface area contributed by atoms with Gasteiger partial charge in [0, 0.05) is 12.1 Å². The Morgan fingerprint density at radius 2 is 2.14 bits per heavy atom. The highest BCUT2D eigenvalue weighted by molar-refractivity contribution is 7.17. The number of nitrogens with zero attached hydrogens (tertiary/aromatic N) is 2. The van der Waals surface area contributed by atoms with Crippen molar-refractivity contribution in [2.75, 3.05) is 6.54 Å². The van der Waals surface area contributed by atoms with Crippen molar-refractivity contribution >= 4 is 17.2 Å². The van der Waals surface area contributed by atoms with E-state index in [1.165, 1.54) is 24.2 Å². The highest BCUT2D eigenvalue weighted by Gasteiger charge is 2.49. The maximum Gasteiger partial charge on any atom is 0.439 e. The zero-order chi connectivity index (χ0) is 14.4. The predicted molar refractivity (Wildman–Crippen MR) is 77.3 cm³/mol. The second-order valence-corrected chi connectivity index (χ2v) is 6.83. The Morgan fingerprint density at radius 1 is 1.33 bits per heavy atom. The molecule has 21 heavy (non-hydrogen) atoms. The molecule has 2 fully saturated rings. The Morgan fingerprint density at radius 3 is 2.76 bits per heavy atom. The first-order valence-electron chi connectivity index (χ1n) is 7.16. The van der Waals surface area contributed by atoms with Crippen molar-refractivity contribution in [1.29, 1.82) is 0 Å². The number of aromatic nitrogens is 2. The average molecular weight is 305 g/mol. The van der Waals surface area contributed by atoms with E-state index in [9.17, 15) is 9.59 Å². The van der Waals surface area contributed by atoms with Crippen LogP contribution in [0.3, 0.4) is 0 Å². The van der Waals surface area contributed by atoms with Crippen LogP contribution in [0, 0.1) is 0 Å². The van der Waals surface area contributed by atoms with Gasteiger partial charge in [-0.1, -0.05) is 18.0 Å². The average Bonchev–Trinajstić information content (AvgIpc) is 3.18. The molecule has 0 radical (unpaired) electrons. The van der Waals surface area contributed by atoms with Gasteiger partial charge in [0.2, 0.25) is 0 Å². The normalized spacial score (nSPS) is 19.9. The molecular formula is C14H15N3O3S. The molecule has 3 heterocycles. The SMILES string of the molecule is O=C(c1ccc(-c2noc(=O)[nH]2)s1)N1CCC12CCCC2. The fraction of sp³-hybridized carbons (Fsp3) is 0.500. The number of carbonyl (C=O) groups is 1. The van der Waals surface area contributed by atoms with Crippen LogP contribution in [-0.4, -0.2) is 33.0 Å². The third-order valence-corrected chi connectivity index (χ3v) is 5.72. The number of hydrogen-bond acceptors (Lipinski definition) is 5. The van der Waals surface area contributed by atoms with Crippen molar-refractivity contribution in [3.05, 3.63) is 27.6 Å². The van der Waals surface area contributed by atoms with Crippen molar-refractivity contribution in [2.24, 2.45) is 0 Å². The molecule has 1 spiro atoms. The van der Waals surface area contributed by atoms with Gasteiger partial charge in [-0.15, -0.1) is 11.3 Å². The molecule has 1 saturated carbocycles. The van der Waals surface area contributed by atoms with Crippen LogP contribution in [0.4, 0.5) is 0 Å². The van der Waals surface area contributed by atoms with E-state index in [-0.39, 0.29) is 11.4 Å². The first-order chi connectivity index (χ1) is 10.2. The van der Waals surface area contributed by atoms with Gasteiger partial charge in [0.05, 0.1) is 9.75 Å². The van der Waals surface area contributed by atoms with Crippen molar-refractivity contribution in [3.8, 4) is 10.7 Å². The predicted octanol–water partition coefficient (Wildman–Crippen LogP) is 2.25. The molecule has 2 aromatic heterocycles. The van der Waals surface area contributed by atoms with E-state index in [0.717, 1.165) is 30.7 Å². The van der Waals surface area contributed by atoms with Gasteiger partial charge >= 0.3 is 5.76 Å². The van der Waals surface area contributed by atoms with Crippen LogP contribution in [0.25, 0.3) is 10.7 Å². The lowest BCUT2D eigenvalue weighted by atomic mass is 9.83. The number of thiophene rings is 1. The van der Waals surface area contributed by atoms with Gasteiger partial charge in [-0.25, -0.2) is 4.79 Å². The molecule has 7 heteroatoms. The lowest BCUT2D eigenvalue weighted by Crippen LogP contribution is -2.60.